The molecular formula is C10H15OP. The molecule has 66 valence electrons. The molecule has 0 aliphatic rings. The summed E-state index contributed by atoms with van der Waals surface area (Å²) in [7, 11) is -0.197. The Morgan fingerprint density at radius 1 is 1.17 bits per heavy atom. The molecule has 0 aliphatic carbocycles. The Morgan fingerprint density at radius 2 is 1.83 bits per heavy atom. The van der Waals surface area contributed by atoms with Crippen molar-refractivity contribution in [1.29, 1.82) is 0 Å². The fraction of sp³-hybridized carbons (Fsp3) is 0.400. The Kier molecular flexibility index (Phi) is 4.27. The van der Waals surface area contributed by atoms with E-state index in [2.05, 4.69) is 37.6 Å². The highest BCUT2D eigenvalue weighted by Gasteiger charge is 1.93. The average molecular weight is 182 g/mol. The van der Waals surface area contributed by atoms with Gasteiger partial charge in [-0.2, -0.15) is 0 Å². The van der Waals surface area contributed by atoms with Gasteiger partial charge in [0.2, 0.25) is 0 Å². The summed E-state index contributed by atoms with van der Waals surface area (Å²) < 4.78 is 5.51. The van der Waals surface area contributed by atoms with Crippen LogP contribution in [0.15, 0.2) is 30.3 Å². The van der Waals surface area contributed by atoms with Crippen molar-refractivity contribution >= 4 is 8.15 Å². The molecule has 0 heterocycles. The molecular weight excluding hydrogens is 167 g/mol. The minimum absolute atomic E-state index is 0.197. The normalized spacial score (nSPS) is 10.6. The van der Waals surface area contributed by atoms with Gasteiger partial charge in [-0.25, -0.2) is 0 Å². The molecule has 0 unspecified atom stereocenters. The molecule has 2 heteroatoms. The van der Waals surface area contributed by atoms with Crippen LogP contribution in [0.2, 0.25) is 0 Å². The Bertz CT molecular complexity index is 208. The van der Waals surface area contributed by atoms with Gasteiger partial charge in [0.15, 0.2) is 0 Å². The second-order valence-electron chi connectivity index (χ2n) is 2.88. The van der Waals surface area contributed by atoms with Crippen LogP contribution in [0.1, 0.15) is 5.56 Å². The first-order chi connectivity index (χ1) is 5.79. The van der Waals surface area contributed by atoms with Crippen molar-refractivity contribution in [3.8, 4) is 0 Å². The lowest BCUT2D eigenvalue weighted by Gasteiger charge is -2.06. The second kappa shape index (κ2) is 5.29. The summed E-state index contributed by atoms with van der Waals surface area (Å²) in [5.74, 6) is 0. The van der Waals surface area contributed by atoms with E-state index in [0.29, 0.717) is 0 Å². The van der Waals surface area contributed by atoms with Crippen LogP contribution in [0.3, 0.4) is 0 Å². The van der Waals surface area contributed by atoms with Gasteiger partial charge in [-0.15, -0.1) is 0 Å². The molecule has 1 aromatic carbocycles. The van der Waals surface area contributed by atoms with E-state index < -0.39 is 0 Å². The molecule has 0 bridgehead atoms. The highest BCUT2D eigenvalue weighted by atomic mass is 31.1. The van der Waals surface area contributed by atoms with Crippen LogP contribution >= 0.6 is 8.15 Å². The molecule has 0 aromatic heterocycles. The van der Waals surface area contributed by atoms with Crippen LogP contribution in [-0.2, 0) is 10.9 Å². The molecule has 0 amide bonds. The first-order valence-corrected chi connectivity index (χ1v) is 6.28. The largest absolute Gasteiger partial charge is 0.359 e. The fourth-order valence-corrected chi connectivity index (χ4v) is 1.45. The molecule has 0 N–H and O–H groups in total. The third kappa shape index (κ3) is 3.85. The average Bonchev–Trinajstić information content (AvgIpc) is 2.05. The standard InChI is InChI=1S/C10H15OP/c1-12(2)11-9-8-10-6-4-3-5-7-10/h3-7H,8-9H2,1-2H3. The maximum atomic E-state index is 5.51. The molecule has 0 radical (unpaired) electrons. The van der Waals surface area contributed by atoms with Crippen LogP contribution in [0.25, 0.3) is 0 Å². The van der Waals surface area contributed by atoms with Gasteiger partial charge < -0.3 is 4.52 Å². The molecule has 1 nitrogen and oxygen atoms in total. The fourth-order valence-electron chi connectivity index (χ4n) is 0.991. The van der Waals surface area contributed by atoms with Gasteiger partial charge in [-0.3, -0.25) is 0 Å². The Labute approximate surface area is 75.6 Å². The molecule has 0 saturated carbocycles. The third-order valence-corrected chi connectivity index (χ3v) is 2.28. The summed E-state index contributed by atoms with van der Waals surface area (Å²) in [5.41, 5.74) is 1.36. The van der Waals surface area contributed by atoms with E-state index in [1.54, 1.807) is 0 Å². The lowest BCUT2D eigenvalue weighted by atomic mass is 10.2. The van der Waals surface area contributed by atoms with Crippen molar-refractivity contribution in [1.82, 2.24) is 0 Å². The van der Waals surface area contributed by atoms with Gasteiger partial charge >= 0.3 is 0 Å². The lowest BCUT2D eigenvalue weighted by molar-refractivity contribution is 0.362. The summed E-state index contributed by atoms with van der Waals surface area (Å²) in [6.07, 6.45) is 1.03. The highest BCUT2D eigenvalue weighted by molar-refractivity contribution is 7.50. The molecule has 0 fully saturated rings. The van der Waals surface area contributed by atoms with Crippen molar-refractivity contribution in [3.63, 3.8) is 0 Å². The topological polar surface area (TPSA) is 9.23 Å². The third-order valence-electron chi connectivity index (χ3n) is 1.58. The zero-order valence-corrected chi connectivity index (χ0v) is 8.55. The predicted molar refractivity (Wildman–Crippen MR) is 54.9 cm³/mol. The summed E-state index contributed by atoms with van der Waals surface area (Å²) in [4.78, 5) is 0. The summed E-state index contributed by atoms with van der Waals surface area (Å²) in [6.45, 7) is 5.10. The van der Waals surface area contributed by atoms with Crippen LogP contribution in [-0.4, -0.2) is 19.9 Å². The maximum absolute atomic E-state index is 5.51. The summed E-state index contributed by atoms with van der Waals surface area (Å²) in [5, 5.41) is 0. The minimum Gasteiger partial charge on any atom is -0.359 e. The SMILES string of the molecule is CP(C)OCCc1ccccc1. The molecule has 0 aliphatic heterocycles. The monoisotopic (exact) mass is 182 g/mol. The van der Waals surface area contributed by atoms with Crippen molar-refractivity contribution in [2.24, 2.45) is 0 Å². The van der Waals surface area contributed by atoms with Gasteiger partial charge in [0, 0.05) is 8.15 Å². The predicted octanol–water partition coefficient (Wildman–Crippen LogP) is 2.90. The molecule has 0 atom stereocenters. The smallest absolute Gasteiger partial charge is 0.0549 e. The van der Waals surface area contributed by atoms with Crippen LogP contribution in [0, 0.1) is 0 Å². The maximum Gasteiger partial charge on any atom is 0.0549 e. The van der Waals surface area contributed by atoms with E-state index in [9.17, 15) is 0 Å². The van der Waals surface area contributed by atoms with Crippen LogP contribution in [0.4, 0.5) is 0 Å². The van der Waals surface area contributed by atoms with Gasteiger partial charge in [0.1, 0.15) is 0 Å². The van der Waals surface area contributed by atoms with Crippen molar-refractivity contribution in [3.05, 3.63) is 35.9 Å². The Balaban J connectivity index is 2.25. The number of hydrogen-bond donors (Lipinski definition) is 0. The molecule has 0 saturated heterocycles. The lowest BCUT2D eigenvalue weighted by Crippen LogP contribution is -1.93. The first kappa shape index (κ1) is 9.70. The quantitative estimate of drug-likeness (QED) is 0.650. The minimum atomic E-state index is -0.197. The van der Waals surface area contributed by atoms with Gasteiger partial charge in [-0.1, -0.05) is 30.3 Å². The number of rotatable bonds is 4. The van der Waals surface area contributed by atoms with E-state index in [4.69, 9.17) is 4.52 Å². The second-order valence-corrected chi connectivity index (χ2v) is 4.76. The zero-order chi connectivity index (χ0) is 8.81. The number of benzene rings is 1. The van der Waals surface area contributed by atoms with E-state index in [0.717, 1.165) is 13.0 Å². The number of hydrogen-bond acceptors (Lipinski definition) is 1. The zero-order valence-electron chi connectivity index (χ0n) is 7.66. The van der Waals surface area contributed by atoms with Gasteiger partial charge in [0.25, 0.3) is 0 Å². The van der Waals surface area contributed by atoms with Crippen LogP contribution < -0.4 is 0 Å². The molecule has 1 aromatic rings. The highest BCUT2D eigenvalue weighted by Crippen LogP contribution is 2.25. The molecule has 0 spiro atoms. The van der Waals surface area contributed by atoms with Crippen molar-refractivity contribution in [2.45, 2.75) is 6.42 Å². The molecule has 1 rings (SSSR count). The van der Waals surface area contributed by atoms with E-state index >= 15 is 0 Å². The summed E-state index contributed by atoms with van der Waals surface area (Å²) in [6, 6.07) is 10.4. The van der Waals surface area contributed by atoms with Crippen molar-refractivity contribution < 1.29 is 4.52 Å². The Hall–Kier alpha value is -0.390. The summed E-state index contributed by atoms with van der Waals surface area (Å²) >= 11 is 0. The molecule has 12 heavy (non-hydrogen) atoms. The first-order valence-electron chi connectivity index (χ1n) is 4.13. The van der Waals surface area contributed by atoms with Crippen LogP contribution in [0.5, 0.6) is 0 Å². The van der Waals surface area contributed by atoms with Gasteiger partial charge in [0.05, 0.1) is 6.61 Å². The Morgan fingerprint density at radius 3 is 2.42 bits per heavy atom. The van der Waals surface area contributed by atoms with Gasteiger partial charge in [-0.05, 0) is 25.3 Å². The van der Waals surface area contributed by atoms with E-state index in [1.807, 2.05) is 6.07 Å². The van der Waals surface area contributed by atoms with E-state index in [1.165, 1.54) is 5.56 Å². The van der Waals surface area contributed by atoms with E-state index in [-0.39, 0.29) is 8.15 Å². The van der Waals surface area contributed by atoms with Crippen molar-refractivity contribution in [2.75, 3.05) is 19.9 Å².